The van der Waals surface area contributed by atoms with Gasteiger partial charge in [-0.3, -0.25) is 0 Å². The number of nitrogens with one attached hydrogen (secondary N) is 1. The molecule has 2 aliphatic carbocycles. The Kier molecular flexibility index (Phi) is 4.56. The van der Waals surface area contributed by atoms with Crippen LogP contribution < -0.4 is 10.2 Å². The van der Waals surface area contributed by atoms with Crippen molar-refractivity contribution in [2.45, 2.75) is 56.3 Å². The fourth-order valence-corrected chi connectivity index (χ4v) is 6.77. The molecule has 3 heterocycles. The smallest absolute Gasteiger partial charge is 0.355 e. The second-order valence-electron chi connectivity index (χ2n) is 9.81. The van der Waals surface area contributed by atoms with Crippen LogP contribution in [0.3, 0.4) is 0 Å². The highest BCUT2D eigenvalue weighted by Crippen LogP contribution is 2.51. The Balaban J connectivity index is 1.13. The van der Waals surface area contributed by atoms with E-state index >= 15 is 0 Å². The Morgan fingerprint density at radius 3 is 2.59 bits per heavy atom. The van der Waals surface area contributed by atoms with Crippen molar-refractivity contribution in [2.75, 3.05) is 18.0 Å². The van der Waals surface area contributed by atoms with E-state index in [1.807, 2.05) is 0 Å². The van der Waals surface area contributed by atoms with E-state index in [9.17, 15) is 13.2 Å². The lowest BCUT2D eigenvalue weighted by molar-refractivity contribution is -0.126. The fourth-order valence-electron chi connectivity index (χ4n) is 5.75. The molecule has 1 aliphatic heterocycles. The van der Waals surface area contributed by atoms with Crippen molar-refractivity contribution in [3.8, 4) is 0 Å². The van der Waals surface area contributed by atoms with E-state index < -0.39 is 12.6 Å². The van der Waals surface area contributed by atoms with Crippen LogP contribution in [-0.4, -0.2) is 35.3 Å². The highest BCUT2D eigenvalue weighted by molar-refractivity contribution is 7.18. The molecule has 1 spiro atoms. The molecule has 3 fully saturated rings. The van der Waals surface area contributed by atoms with Crippen molar-refractivity contribution in [1.82, 2.24) is 15.3 Å². The normalized spacial score (nSPS) is 23.6. The molecule has 0 amide bonds. The standard InChI is InChI=1S/C24H25F3N4S/c25-24(26,27)12-18-10-19-20(28-15-29-21(19)32-18)31-13-22(14-31)7-6-17(11-22)30-23(8-9-23)16-4-2-1-3-5-16/h1-5,10,15,17,30H,6-9,11-14H2/t17-/m0/s1. The molecule has 168 valence electrons. The lowest BCUT2D eigenvalue weighted by Crippen LogP contribution is -2.56. The molecule has 3 aromatic rings. The van der Waals surface area contributed by atoms with Gasteiger partial charge in [-0.25, -0.2) is 9.97 Å². The third-order valence-corrected chi connectivity index (χ3v) is 8.39. The summed E-state index contributed by atoms with van der Waals surface area (Å²) in [6, 6.07) is 12.9. The van der Waals surface area contributed by atoms with Crippen LogP contribution in [0.1, 0.15) is 42.5 Å². The monoisotopic (exact) mass is 458 g/mol. The maximum absolute atomic E-state index is 12.8. The van der Waals surface area contributed by atoms with Crippen molar-refractivity contribution in [3.63, 3.8) is 0 Å². The summed E-state index contributed by atoms with van der Waals surface area (Å²) >= 11 is 1.12. The predicted molar refractivity (Wildman–Crippen MR) is 120 cm³/mol. The molecule has 1 atom stereocenters. The number of fused-ring (bicyclic) bond motifs is 1. The third-order valence-electron chi connectivity index (χ3n) is 7.35. The number of rotatable bonds is 5. The number of nitrogens with zero attached hydrogens (tertiary/aromatic N) is 3. The Labute approximate surface area is 188 Å². The van der Waals surface area contributed by atoms with Gasteiger partial charge in [-0.1, -0.05) is 30.3 Å². The van der Waals surface area contributed by atoms with Gasteiger partial charge in [-0.05, 0) is 43.7 Å². The zero-order valence-corrected chi connectivity index (χ0v) is 18.5. The van der Waals surface area contributed by atoms with E-state index in [1.54, 1.807) is 6.07 Å². The van der Waals surface area contributed by atoms with Gasteiger partial charge in [0.05, 0.1) is 11.8 Å². The van der Waals surface area contributed by atoms with Crippen LogP contribution in [0.4, 0.5) is 19.0 Å². The topological polar surface area (TPSA) is 41.0 Å². The van der Waals surface area contributed by atoms with E-state index in [2.05, 4.69) is 50.5 Å². The number of aromatic nitrogens is 2. The first-order valence-electron chi connectivity index (χ1n) is 11.2. The second kappa shape index (κ2) is 7.15. The SMILES string of the molecule is FC(F)(F)Cc1cc2c(N3CC4(CC[C@H](NC5(c6ccccc6)CC5)C4)C3)ncnc2s1. The van der Waals surface area contributed by atoms with Gasteiger partial charge < -0.3 is 10.2 Å². The van der Waals surface area contributed by atoms with E-state index in [0.29, 0.717) is 15.7 Å². The lowest BCUT2D eigenvalue weighted by atomic mass is 9.78. The molecular formula is C24H25F3N4S. The maximum atomic E-state index is 12.8. The molecule has 0 bridgehead atoms. The third kappa shape index (κ3) is 3.67. The van der Waals surface area contributed by atoms with Crippen molar-refractivity contribution in [3.05, 3.63) is 53.2 Å². The van der Waals surface area contributed by atoms with Gasteiger partial charge in [0.25, 0.3) is 0 Å². The summed E-state index contributed by atoms with van der Waals surface area (Å²) in [5.41, 5.74) is 1.84. The number of thiophene rings is 1. The Bertz CT molecular complexity index is 1130. The molecule has 6 rings (SSSR count). The lowest BCUT2D eigenvalue weighted by Gasteiger charge is -2.49. The van der Waals surface area contributed by atoms with Gasteiger partial charge in [-0.2, -0.15) is 13.2 Å². The van der Waals surface area contributed by atoms with Crippen LogP contribution in [0.2, 0.25) is 0 Å². The van der Waals surface area contributed by atoms with Crippen LogP contribution in [-0.2, 0) is 12.0 Å². The summed E-state index contributed by atoms with van der Waals surface area (Å²) in [7, 11) is 0. The molecule has 32 heavy (non-hydrogen) atoms. The average molecular weight is 459 g/mol. The zero-order valence-electron chi connectivity index (χ0n) is 17.7. The highest BCUT2D eigenvalue weighted by atomic mass is 32.1. The molecule has 3 aliphatic rings. The van der Waals surface area contributed by atoms with E-state index in [-0.39, 0.29) is 11.0 Å². The summed E-state index contributed by atoms with van der Waals surface area (Å²) in [6.07, 6.45) is 2.27. The minimum Gasteiger partial charge on any atom is -0.355 e. The summed E-state index contributed by atoms with van der Waals surface area (Å²) in [5.74, 6) is 0.782. The summed E-state index contributed by atoms with van der Waals surface area (Å²) in [6.45, 7) is 1.83. The predicted octanol–water partition coefficient (Wildman–Crippen LogP) is 5.43. The van der Waals surface area contributed by atoms with Gasteiger partial charge in [0.15, 0.2) is 0 Å². The van der Waals surface area contributed by atoms with E-state index in [1.165, 1.54) is 37.6 Å². The van der Waals surface area contributed by atoms with E-state index in [0.717, 1.165) is 42.1 Å². The Morgan fingerprint density at radius 2 is 1.88 bits per heavy atom. The van der Waals surface area contributed by atoms with E-state index in [4.69, 9.17) is 0 Å². The number of halogens is 3. The average Bonchev–Trinajstić information content (AvgIpc) is 3.20. The molecule has 2 saturated carbocycles. The first-order valence-corrected chi connectivity index (χ1v) is 12.0. The van der Waals surface area contributed by atoms with Crippen molar-refractivity contribution >= 4 is 27.4 Å². The molecule has 1 saturated heterocycles. The molecule has 1 N–H and O–H groups in total. The maximum Gasteiger partial charge on any atom is 0.393 e. The van der Waals surface area contributed by atoms with Crippen LogP contribution in [0, 0.1) is 5.41 Å². The Hall–Kier alpha value is -2.19. The van der Waals surface area contributed by atoms with Gasteiger partial charge in [0.2, 0.25) is 0 Å². The molecule has 2 aromatic heterocycles. The first kappa shape index (κ1) is 20.4. The second-order valence-corrected chi connectivity index (χ2v) is 10.9. The summed E-state index contributed by atoms with van der Waals surface area (Å²) in [5, 5.41) is 4.72. The number of anilines is 1. The minimum absolute atomic E-state index is 0.158. The van der Waals surface area contributed by atoms with Crippen LogP contribution in [0.15, 0.2) is 42.7 Å². The zero-order chi connectivity index (χ0) is 22.0. The summed E-state index contributed by atoms with van der Waals surface area (Å²) < 4.78 is 38.5. The molecule has 0 radical (unpaired) electrons. The quantitative estimate of drug-likeness (QED) is 0.553. The van der Waals surface area contributed by atoms with Gasteiger partial charge in [0, 0.05) is 35.0 Å². The number of hydrogen-bond donors (Lipinski definition) is 1. The van der Waals surface area contributed by atoms with Gasteiger partial charge >= 0.3 is 6.18 Å². The van der Waals surface area contributed by atoms with Gasteiger partial charge in [0.1, 0.15) is 17.0 Å². The van der Waals surface area contributed by atoms with Gasteiger partial charge in [-0.15, -0.1) is 11.3 Å². The summed E-state index contributed by atoms with van der Waals surface area (Å²) in [4.78, 5) is 11.8. The molecule has 1 aromatic carbocycles. The molecule has 0 unspecified atom stereocenters. The van der Waals surface area contributed by atoms with Crippen LogP contribution in [0.25, 0.3) is 10.2 Å². The number of benzene rings is 1. The number of alkyl halides is 3. The largest absolute Gasteiger partial charge is 0.393 e. The van der Waals surface area contributed by atoms with Crippen LogP contribution >= 0.6 is 11.3 Å². The van der Waals surface area contributed by atoms with Crippen molar-refractivity contribution in [2.24, 2.45) is 5.41 Å². The van der Waals surface area contributed by atoms with Crippen molar-refractivity contribution in [1.29, 1.82) is 0 Å². The Morgan fingerprint density at radius 1 is 1.09 bits per heavy atom. The fraction of sp³-hybridized carbons (Fsp3) is 0.500. The number of hydrogen-bond acceptors (Lipinski definition) is 5. The van der Waals surface area contributed by atoms with Crippen molar-refractivity contribution < 1.29 is 13.2 Å². The minimum atomic E-state index is -4.21. The molecular weight excluding hydrogens is 433 g/mol. The molecule has 8 heteroatoms. The van der Waals surface area contributed by atoms with Crippen LogP contribution in [0.5, 0.6) is 0 Å². The first-order chi connectivity index (χ1) is 15.3. The molecule has 4 nitrogen and oxygen atoms in total. The highest BCUT2D eigenvalue weighted by Gasteiger charge is 2.52.